The van der Waals surface area contributed by atoms with Crippen molar-refractivity contribution in [1.29, 1.82) is 0 Å². The van der Waals surface area contributed by atoms with Crippen LogP contribution in [0.25, 0.3) is 0 Å². The smallest absolute Gasteiger partial charge is 0.127 e. The van der Waals surface area contributed by atoms with Crippen LogP contribution in [0.15, 0.2) is 30.3 Å². The Morgan fingerprint density at radius 2 is 1.85 bits per heavy atom. The molecule has 0 aromatic heterocycles. The Kier molecular flexibility index (Phi) is 4.19. The van der Waals surface area contributed by atoms with E-state index in [1.807, 2.05) is 0 Å². The van der Waals surface area contributed by atoms with Gasteiger partial charge in [-0.15, -0.1) is 0 Å². The highest BCUT2D eigenvalue weighted by Gasteiger charge is 2.06. The van der Waals surface area contributed by atoms with Gasteiger partial charge in [-0.25, -0.2) is 0 Å². The molecular weight excluding hydrogens is 174 g/mol. The maximum Gasteiger partial charge on any atom is 0.127 e. The Hall–Kier alpha value is -0.603. The predicted molar refractivity (Wildman–Crippen MR) is 62.1 cm³/mol. The predicted octanol–water partition coefficient (Wildman–Crippen LogP) is 1.13. The second kappa shape index (κ2) is 5.20. The molecule has 1 aromatic rings. The number of hydrogen-bond acceptors (Lipinski definition) is 1. The van der Waals surface area contributed by atoms with Crippen molar-refractivity contribution < 1.29 is 0 Å². The molecule has 0 saturated heterocycles. The fourth-order valence-corrected chi connectivity index (χ4v) is 3.02. The minimum Gasteiger partial charge on any atom is -0.323 e. The maximum atomic E-state index is 2.59. The highest BCUT2D eigenvalue weighted by Crippen LogP contribution is 1.94. The molecule has 1 nitrogen and oxygen atoms in total. The summed E-state index contributed by atoms with van der Waals surface area (Å²) in [4.78, 5) is 0. The number of benzene rings is 1. The van der Waals surface area contributed by atoms with Crippen molar-refractivity contribution in [2.45, 2.75) is 26.8 Å². The van der Waals surface area contributed by atoms with Crippen LogP contribution in [0.3, 0.4) is 0 Å². The van der Waals surface area contributed by atoms with Gasteiger partial charge in [-0.05, 0) is 17.8 Å². The zero-order valence-corrected chi connectivity index (χ0v) is 10.2. The van der Waals surface area contributed by atoms with Crippen molar-refractivity contribution in [1.82, 2.24) is 4.57 Å². The lowest BCUT2D eigenvalue weighted by Gasteiger charge is -2.24. The highest BCUT2D eigenvalue weighted by molar-refractivity contribution is 6.50. The first-order valence-electron chi connectivity index (χ1n) is 5.02. The summed E-state index contributed by atoms with van der Waals surface area (Å²) in [7, 11) is -0.212. The van der Waals surface area contributed by atoms with Crippen LogP contribution in [0.4, 0.5) is 0 Å². The van der Waals surface area contributed by atoms with Crippen LogP contribution in [0.2, 0.25) is 0 Å². The lowest BCUT2D eigenvalue weighted by Crippen LogP contribution is -2.40. The second-order valence-corrected chi connectivity index (χ2v) is 5.59. The molecule has 0 unspecified atom stereocenters. The SMILES string of the molecule is CCN([SiH2]c1ccccc1)C(C)C. The van der Waals surface area contributed by atoms with Gasteiger partial charge in [0.05, 0.1) is 0 Å². The maximum absolute atomic E-state index is 2.59. The molecule has 1 rings (SSSR count). The van der Waals surface area contributed by atoms with E-state index in [-0.39, 0.29) is 9.68 Å². The summed E-state index contributed by atoms with van der Waals surface area (Å²) in [6, 6.07) is 11.5. The second-order valence-electron chi connectivity index (χ2n) is 3.64. The monoisotopic (exact) mass is 193 g/mol. The van der Waals surface area contributed by atoms with Crippen molar-refractivity contribution in [3.8, 4) is 0 Å². The Morgan fingerprint density at radius 3 is 2.31 bits per heavy atom. The Bertz CT molecular complexity index is 233. The lowest BCUT2D eigenvalue weighted by atomic mass is 10.4. The minimum absolute atomic E-state index is 0.212. The number of rotatable bonds is 4. The van der Waals surface area contributed by atoms with Crippen molar-refractivity contribution in [3.63, 3.8) is 0 Å². The molecule has 0 aliphatic heterocycles. The van der Waals surface area contributed by atoms with Gasteiger partial charge in [-0.2, -0.15) is 0 Å². The molecule has 0 fully saturated rings. The van der Waals surface area contributed by atoms with E-state index in [4.69, 9.17) is 0 Å². The molecule has 2 heteroatoms. The topological polar surface area (TPSA) is 3.24 Å². The Balaban J connectivity index is 2.57. The molecule has 0 spiro atoms. The number of hydrogen-bond donors (Lipinski definition) is 0. The molecule has 13 heavy (non-hydrogen) atoms. The van der Waals surface area contributed by atoms with Crippen LogP contribution in [0.1, 0.15) is 20.8 Å². The first kappa shape index (κ1) is 10.5. The van der Waals surface area contributed by atoms with Gasteiger partial charge in [0.1, 0.15) is 9.68 Å². The molecule has 0 radical (unpaired) electrons. The van der Waals surface area contributed by atoms with Gasteiger partial charge in [-0.1, -0.05) is 51.1 Å². The normalized spacial score (nSPS) is 12.1. The fraction of sp³-hybridized carbons (Fsp3) is 0.455. The zero-order valence-electron chi connectivity index (χ0n) is 8.83. The van der Waals surface area contributed by atoms with Crippen molar-refractivity contribution in [2.75, 3.05) is 6.54 Å². The molecule has 0 aliphatic carbocycles. The van der Waals surface area contributed by atoms with Crippen LogP contribution < -0.4 is 5.19 Å². The van der Waals surface area contributed by atoms with Gasteiger partial charge in [-0.3, -0.25) is 0 Å². The molecule has 0 N–H and O–H groups in total. The Morgan fingerprint density at radius 1 is 1.23 bits per heavy atom. The first-order chi connectivity index (χ1) is 6.24. The van der Waals surface area contributed by atoms with Crippen LogP contribution >= 0.6 is 0 Å². The van der Waals surface area contributed by atoms with Crippen LogP contribution in [0.5, 0.6) is 0 Å². The lowest BCUT2D eigenvalue weighted by molar-refractivity contribution is 0.393. The van der Waals surface area contributed by atoms with E-state index in [9.17, 15) is 0 Å². The quantitative estimate of drug-likeness (QED) is 0.648. The summed E-state index contributed by atoms with van der Waals surface area (Å²) in [6.07, 6.45) is 0. The Labute approximate surface area is 83.7 Å². The summed E-state index contributed by atoms with van der Waals surface area (Å²) in [5.74, 6) is 0. The van der Waals surface area contributed by atoms with Gasteiger partial charge >= 0.3 is 0 Å². The third kappa shape index (κ3) is 3.33. The molecule has 72 valence electrons. The van der Waals surface area contributed by atoms with Crippen LogP contribution in [-0.2, 0) is 0 Å². The van der Waals surface area contributed by atoms with Gasteiger partial charge in [0, 0.05) is 0 Å². The van der Waals surface area contributed by atoms with Crippen LogP contribution in [-0.4, -0.2) is 26.8 Å². The third-order valence-electron chi connectivity index (χ3n) is 2.36. The van der Waals surface area contributed by atoms with Crippen LogP contribution in [0, 0.1) is 0 Å². The first-order valence-corrected chi connectivity index (χ1v) is 6.36. The van der Waals surface area contributed by atoms with Crippen molar-refractivity contribution in [3.05, 3.63) is 30.3 Å². The number of nitrogens with zero attached hydrogens (tertiary/aromatic N) is 1. The molecule has 1 aromatic carbocycles. The fourth-order valence-electron chi connectivity index (χ4n) is 1.48. The summed E-state index contributed by atoms with van der Waals surface area (Å²) in [5.41, 5.74) is 0. The summed E-state index contributed by atoms with van der Waals surface area (Å²) in [6.45, 7) is 7.98. The van der Waals surface area contributed by atoms with E-state index < -0.39 is 0 Å². The molecule has 0 amide bonds. The third-order valence-corrected chi connectivity index (χ3v) is 4.79. The molecule has 0 heterocycles. The summed E-state index contributed by atoms with van der Waals surface area (Å²) in [5, 5.41) is 1.54. The van der Waals surface area contributed by atoms with E-state index in [1.54, 1.807) is 0 Å². The molecule has 0 bridgehead atoms. The summed E-state index contributed by atoms with van der Waals surface area (Å²) >= 11 is 0. The largest absolute Gasteiger partial charge is 0.323 e. The molecular formula is C11H19NSi. The van der Waals surface area contributed by atoms with Gasteiger partial charge < -0.3 is 4.57 Å². The van der Waals surface area contributed by atoms with E-state index in [0.29, 0.717) is 6.04 Å². The minimum atomic E-state index is -0.212. The average molecular weight is 193 g/mol. The molecule has 0 aliphatic rings. The average Bonchev–Trinajstić information content (AvgIpc) is 2.15. The standard InChI is InChI=1S/C11H19NSi/c1-4-12(10(2)3)13-11-8-6-5-7-9-11/h5-10H,4,13H2,1-3H3. The van der Waals surface area contributed by atoms with E-state index >= 15 is 0 Å². The van der Waals surface area contributed by atoms with Crippen molar-refractivity contribution >= 4 is 14.9 Å². The zero-order chi connectivity index (χ0) is 9.68. The van der Waals surface area contributed by atoms with Gasteiger partial charge in [0.25, 0.3) is 0 Å². The molecule has 0 saturated carbocycles. The van der Waals surface area contributed by atoms with Gasteiger partial charge in [0.15, 0.2) is 0 Å². The van der Waals surface area contributed by atoms with Crippen molar-refractivity contribution in [2.24, 2.45) is 0 Å². The molecule has 0 atom stereocenters. The van der Waals surface area contributed by atoms with E-state index in [2.05, 4.69) is 55.7 Å². The summed E-state index contributed by atoms with van der Waals surface area (Å²) < 4.78 is 2.59. The van der Waals surface area contributed by atoms with Gasteiger partial charge in [0.2, 0.25) is 0 Å². The van der Waals surface area contributed by atoms with E-state index in [0.717, 1.165) is 0 Å². The highest BCUT2D eigenvalue weighted by atomic mass is 28.2. The van der Waals surface area contributed by atoms with E-state index in [1.165, 1.54) is 11.7 Å².